The van der Waals surface area contributed by atoms with Gasteiger partial charge in [0.1, 0.15) is 16.5 Å². The van der Waals surface area contributed by atoms with Crippen molar-refractivity contribution in [2.45, 2.75) is 12.8 Å². The number of hydrogen-bond acceptors (Lipinski definition) is 8. The van der Waals surface area contributed by atoms with Crippen LogP contribution in [0.1, 0.15) is 24.0 Å². The Balaban J connectivity index is 2.09. The van der Waals surface area contributed by atoms with Gasteiger partial charge < -0.3 is 24.7 Å². The van der Waals surface area contributed by atoms with E-state index in [1.807, 2.05) is 6.07 Å². The number of para-hydroxylation sites is 1. The summed E-state index contributed by atoms with van der Waals surface area (Å²) < 4.78 is 51.1. The third-order valence-corrected chi connectivity index (χ3v) is 7.68. The third-order valence-electron chi connectivity index (χ3n) is 5.67. The Kier molecular flexibility index (Phi) is 5.59. The molecule has 172 valence electrons. The normalized spacial score (nSPS) is 18.6. The molecule has 0 radical (unpaired) electrons. The molecule has 9 nitrogen and oxygen atoms in total. The largest absolute Gasteiger partial charge is 0.493 e. The summed E-state index contributed by atoms with van der Waals surface area (Å²) in [6, 6.07) is 12.3. The zero-order chi connectivity index (χ0) is 23.9. The van der Waals surface area contributed by atoms with Crippen molar-refractivity contribution in [3.8, 4) is 23.3 Å². The van der Waals surface area contributed by atoms with E-state index in [1.165, 1.54) is 25.6 Å². The fraction of sp³-hybridized carbons (Fsp3) is 0.261. The molecular formula is C23H23N3O6S. The third kappa shape index (κ3) is 3.24. The van der Waals surface area contributed by atoms with Gasteiger partial charge in [0.15, 0.2) is 17.3 Å². The molecule has 2 aromatic rings. The number of sulfonamides is 1. The molecule has 0 saturated heterocycles. The predicted octanol–water partition coefficient (Wildman–Crippen LogP) is 3.06. The molecule has 33 heavy (non-hydrogen) atoms. The Morgan fingerprint density at radius 3 is 2.30 bits per heavy atom. The summed E-state index contributed by atoms with van der Waals surface area (Å²) in [4.78, 5) is -0.0666. The summed E-state index contributed by atoms with van der Waals surface area (Å²) in [5.41, 5.74) is 7.60. The standard InChI is InChI=1S/C23H23N3O6S/c1-5-26-16-9-7-6-8-14(16)20-22(33(26,27)28)19(15(12-24)23(25)32-20)13-10-17(29-2)21(31-4)18(11-13)30-3/h6-11,19H,5,25H2,1-4H3/t19-/m0/s1. The topological polar surface area (TPSA) is 124 Å². The number of anilines is 1. The maximum atomic E-state index is 13.9. The predicted molar refractivity (Wildman–Crippen MR) is 122 cm³/mol. The van der Waals surface area contributed by atoms with Crippen molar-refractivity contribution in [1.29, 1.82) is 5.26 Å². The van der Waals surface area contributed by atoms with Crippen LogP contribution in [0.2, 0.25) is 0 Å². The first-order chi connectivity index (χ1) is 15.8. The van der Waals surface area contributed by atoms with Gasteiger partial charge in [0.05, 0.1) is 32.9 Å². The summed E-state index contributed by atoms with van der Waals surface area (Å²) in [5.74, 6) is -0.127. The minimum absolute atomic E-state index is 0.0259. The van der Waals surface area contributed by atoms with Gasteiger partial charge in [-0.05, 0) is 36.8 Å². The highest BCUT2D eigenvalue weighted by Crippen LogP contribution is 2.52. The molecule has 2 N–H and O–H groups in total. The lowest BCUT2D eigenvalue weighted by Gasteiger charge is -2.37. The van der Waals surface area contributed by atoms with Gasteiger partial charge in [-0.15, -0.1) is 0 Å². The average Bonchev–Trinajstić information content (AvgIpc) is 2.82. The molecule has 0 fully saturated rings. The molecule has 0 aromatic heterocycles. The molecule has 2 aromatic carbocycles. The zero-order valence-electron chi connectivity index (χ0n) is 18.6. The van der Waals surface area contributed by atoms with Gasteiger partial charge in [-0.1, -0.05) is 12.1 Å². The van der Waals surface area contributed by atoms with Crippen molar-refractivity contribution < 1.29 is 27.4 Å². The highest BCUT2D eigenvalue weighted by Gasteiger charge is 2.47. The minimum Gasteiger partial charge on any atom is -0.493 e. The molecule has 0 aliphatic carbocycles. The smallest absolute Gasteiger partial charge is 0.265 e. The molecule has 0 bridgehead atoms. The molecule has 10 heteroatoms. The van der Waals surface area contributed by atoms with E-state index in [2.05, 4.69) is 0 Å². The van der Waals surface area contributed by atoms with Crippen molar-refractivity contribution in [3.63, 3.8) is 0 Å². The van der Waals surface area contributed by atoms with Crippen molar-refractivity contribution in [1.82, 2.24) is 0 Å². The van der Waals surface area contributed by atoms with Crippen molar-refractivity contribution in [3.05, 3.63) is 63.9 Å². The highest BCUT2D eigenvalue weighted by molar-refractivity contribution is 7.97. The molecule has 0 saturated carbocycles. The monoisotopic (exact) mass is 469 g/mol. The van der Waals surface area contributed by atoms with E-state index in [-0.39, 0.29) is 28.7 Å². The van der Waals surface area contributed by atoms with E-state index in [1.54, 1.807) is 43.3 Å². The lowest BCUT2D eigenvalue weighted by Crippen LogP contribution is -2.39. The van der Waals surface area contributed by atoms with Crippen LogP contribution in [0.25, 0.3) is 5.76 Å². The second-order valence-electron chi connectivity index (χ2n) is 7.26. The first kappa shape index (κ1) is 22.4. The van der Waals surface area contributed by atoms with Crippen LogP contribution in [-0.4, -0.2) is 36.3 Å². The number of hydrogen-bond donors (Lipinski definition) is 1. The van der Waals surface area contributed by atoms with E-state index < -0.39 is 15.9 Å². The molecule has 0 spiro atoms. The summed E-state index contributed by atoms with van der Waals surface area (Å²) in [6.45, 7) is 1.94. The van der Waals surface area contributed by atoms with Crippen molar-refractivity contribution >= 4 is 21.5 Å². The van der Waals surface area contributed by atoms with Gasteiger partial charge in [-0.3, -0.25) is 4.31 Å². The number of rotatable bonds is 5. The molecule has 2 heterocycles. The quantitative estimate of drug-likeness (QED) is 0.709. The molecule has 2 aliphatic heterocycles. The van der Waals surface area contributed by atoms with Crippen LogP contribution in [0.3, 0.4) is 0 Å². The molecule has 0 amide bonds. The first-order valence-electron chi connectivity index (χ1n) is 10.1. The molecular weight excluding hydrogens is 446 g/mol. The highest BCUT2D eigenvalue weighted by atomic mass is 32.2. The zero-order valence-corrected chi connectivity index (χ0v) is 19.4. The van der Waals surface area contributed by atoms with Gasteiger partial charge in [0.2, 0.25) is 11.6 Å². The van der Waals surface area contributed by atoms with E-state index in [0.717, 1.165) is 0 Å². The summed E-state index contributed by atoms with van der Waals surface area (Å²) >= 11 is 0. The van der Waals surface area contributed by atoms with E-state index in [0.29, 0.717) is 34.1 Å². The first-order valence-corrected chi connectivity index (χ1v) is 11.5. The Bertz CT molecular complexity index is 1320. The van der Waals surface area contributed by atoms with Gasteiger partial charge in [0, 0.05) is 12.1 Å². The number of nitrogens with two attached hydrogens (primary N) is 1. The second kappa shape index (κ2) is 8.26. The molecule has 1 atom stereocenters. The van der Waals surface area contributed by atoms with Crippen molar-refractivity contribution in [2.24, 2.45) is 5.73 Å². The number of allylic oxidation sites excluding steroid dienone is 2. The Hall–Kier alpha value is -3.84. The Morgan fingerprint density at radius 2 is 1.76 bits per heavy atom. The molecule has 2 aliphatic rings. The fourth-order valence-corrected chi connectivity index (χ4v) is 6.18. The number of fused-ring (bicyclic) bond motifs is 2. The Morgan fingerprint density at radius 1 is 1.12 bits per heavy atom. The molecule has 0 unspecified atom stereocenters. The van der Waals surface area contributed by atoms with Gasteiger partial charge in [-0.2, -0.15) is 5.26 Å². The SMILES string of the molecule is CCN1c2ccccc2C2=C([C@@H](c3cc(OC)c(OC)c(OC)c3)C(C#N)=C(N)O2)S1(=O)=O. The lowest BCUT2D eigenvalue weighted by atomic mass is 9.87. The van der Waals surface area contributed by atoms with Gasteiger partial charge in [0.25, 0.3) is 10.0 Å². The van der Waals surface area contributed by atoms with Crippen LogP contribution in [0.5, 0.6) is 17.2 Å². The second-order valence-corrected chi connectivity index (χ2v) is 9.09. The van der Waals surface area contributed by atoms with Crippen LogP contribution < -0.4 is 24.2 Å². The van der Waals surface area contributed by atoms with E-state index in [9.17, 15) is 13.7 Å². The van der Waals surface area contributed by atoms with Crippen LogP contribution in [0, 0.1) is 11.3 Å². The lowest BCUT2D eigenvalue weighted by molar-refractivity contribution is 0.323. The number of methoxy groups -OCH3 is 3. The number of nitriles is 1. The average molecular weight is 470 g/mol. The number of ether oxygens (including phenoxy) is 4. The Labute approximate surface area is 192 Å². The van der Waals surface area contributed by atoms with Crippen LogP contribution in [-0.2, 0) is 14.8 Å². The maximum Gasteiger partial charge on any atom is 0.265 e. The number of benzene rings is 2. The summed E-state index contributed by atoms with van der Waals surface area (Å²) in [7, 11) is 0.307. The van der Waals surface area contributed by atoms with Gasteiger partial charge >= 0.3 is 0 Å². The van der Waals surface area contributed by atoms with Crippen LogP contribution in [0.4, 0.5) is 5.69 Å². The van der Waals surface area contributed by atoms with Crippen molar-refractivity contribution in [2.75, 3.05) is 32.2 Å². The molecule has 4 rings (SSSR count). The summed E-state index contributed by atoms with van der Waals surface area (Å²) in [6.07, 6.45) is 0. The summed E-state index contributed by atoms with van der Waals surface area (Å²) in [5, 5.41) is 9.94. The van der Waals surface area contributed by atoms with Gasteiger partial charge in [-0.25, -0.2) is 8.42 Å². The fourth-order valence-electron chi connectivity index (χ4n) is 4.25. The van der Waals surface area contributed by atoms with E-state index in [4.69, 9.17) is 24.7 Å². The van der Waals surface area contributed by atoms with E-state index >= 15 is 0 Å². The van der Waals surface area contributed by atoms with Crippen LogP contribution in [0.15, 0.2) is 52.8 Å². The minimum atomic E-state index is -4.07. The maximum absolute atomic E-state index is 13.9. The van der Waals surface area contributed by atoms with Crippen LogP contribution >= 0.6 is 0 Å². The number of nitrogens with zero attached hydrogens (tertiary/aromatic N) is 2.